The number of amides is 1. The van der Waals surface area contributed by atoms with E-state index in [-0.39, 0.29) is 15.7 Å². The summed E-state index contributed by atoms with van der Waals surface area (Å²) in [5, 5.41) is 12.5. The number of aromatic nitrogens is 1. The maximum absolute atomic E-state index is 13.0. The van der Waals surface area contributed by atoms with Crippen LogP contribution in [0.1, 0.15) is 119 Å². The minimum absolute atomic E-state index is 0.0437. The van der Waals surface area contributed by atoms with E-state index in [2.05, 4.69) is 58.8 Å². The van der Waals surface area contributed by atoms with Crippen LogP contribution in [-0.2, 0) is 48.7 Å². The number of unbranched alkanes of at least 4 members (excludes halogenated alkanes) is 3. The fourth-order valence-corrected chi connectivity index (χ4v) is 13.0. The van der Waals surface area contributed by atoms with Gasteiger partial charge in [-0.1, -0.05) is 50.8 Å². The number of benzene rings is 3. The number of aryl methyl sites for hydroxylation is 2. The van der Waals surface area contributed by atoms with E-state index in [1.165, 1.54) is 17.4 Å². The van der Waals surface area contributed by atoms with Gasteiger partial charge in [0.2, 0.25) is 11.6 Å². The lowest BCUT2D eigenvalue weighted by Crippen LogP contribution is -2.33. The Kier molecular flexibility index (Phi) is 13.0. The average Bonchev–Trinajstić information content (AvgIpc) is 3.87. The summed E-state index contributed by atoms with van der Waals surface area (Å²) in [6.45, 7) is 8.54. The molecule has 4 aromatic rings. The molecule has 5 heterocycles. The highest BCUT2D eigenvalue weighted by molar-refractivity contribution is 7.86. The van der Waals surface area contributed by atoms with Crippen LogP contribution in [-0.4, -0.2) is 73.4 Å². The average molecular weight is 927 g/mol. The van der Waals surface area contributed by atoms with Gasteiger partial charge in [0, 0.05) is 59.9 Å². The SMILES string of the molecule is CCCCC1(C)C(=CC=CC2=[N+]3CCCc4ccc(S(=O)(=O)O)c(c43)C2(C)CCCCCC(=O)NCCCOc2ccc3nc(C#N)sc3c2)N2CCCc3ccc(S(=O)(=O)O)c1c32. The first-order valence-electron chi connectivity index (χ1n) is 22.4. The molecule has 1 amide bonds. The molecule has 2 unspecified atom stereocenters. The molecule has 4 aliphatic heterocycles. The van der Waals surface area contributed by atoms with E-state index in [9.17, 15) is 30.7 Å². The van der Waals surface area contributed by atoms with Crippen molar-refractivity contribution in [2.24, 2.45) is 0 Å². The Bertz CT molecular complexity index is 2880. The van der Waals surface area contributed by atoms with Gasteiger partial charge in [-0.15, -0.1) is 11.3 Å². The molecule has 16 heteroatoms. The third-order valence-corrected chi connectivity index (χ3v) is 16.2. The van der Waals surface area contributed by atoms with Crippen molar-refractivity contribution in [2.75, 3.05) is 31.1 Å². The van der Waals surface area contributed by atoms with E-state index in [0.717, 1.165) is 89.1 Å². The van der Waals surface area contributed by atoms with Gasteiger partial charge < -0.3 is 15.0 Å². The van der Waals surface area contributed by atoms with Crippen molar-refractivity contribution in [3.63, 3.8) is 0 Å². The van der Waals surface area contributed by atoms with Crippen LogP contribution in [0.4, 0.5) is 11.4 Å². The molecule has 1 aromatic heterocycles. The highest BCUT2D eigenvalue weighted by atomic mass is 32.2. The van der Waals surface area contributed by atoms with Gasteiger partial charge in [0.05, 0.1) is 27.8 Å². The second kappa shape index (κ2) is 18.2. The van der Waals surface area contributed by atoms with Crippen molar-refractivity contribution >= 4 is 64.8 Å². The van der Waals surface area contributed by atoms with Gasteiger partial charge >= 0.3 is 0 Å². The molecule has 0 spiro atoms. The summed E-state index contributed by atoms with van der Waals surface area (Å²) in [6.07, 6.45) is 15.6. The molecule has 0 aliphatic carbocycles. The van der Waals surface area contributed by atoms with E-state index in [0.29, 0.717) is 86.7 Å². The van der Waals surface area contributed by atoms with Crippen LogP contribution < -0.4 is 15.0 Å². The third kappa shape index (κ3) is 8.65. The van der Waals surface area contributed by atoms with Crippen LogP contribution in [0.3, 0.4) is 0 Å². The summed E-state index contributed by atoms with van der Waals surface area (Å²) >= 11 is 1.32. The Hall–Kier alpha value is -4.92. The van der Waals surface area contributed by atoms with Crippen molar-refractivity contribution in [3.05, 3.63) is 93.7 Å². The van der Waals surface area contributed by atoms with Crippen molar-refractivity contribution in [2.45, 2.75) is 125 Å². The van der Waals surface area contributed by atoms with Crippen molar-refractivity contribution in [3.8, 4) is 11.8 Å². The predicted octanol–water partition coefficient (Wildman–Crippen LogP) is 8.85. The normalized spacial score (nSPS) is 20.9. The third-order valence-electron chi connectivity index (χ3n) is 13.5. The van der Waals surface area contributed by atoms with Crippen LogP contribution in [0.2, 0.25) is 0 Å². The van der Waals surface area contributed by atoms with Crippen molar-refractivity contribution in [1.82, 2.24) is 10.3 Å². The maximum atomic E-state index is 13.0. The molecule has 64 heavy (non-hydrogen) atoms. The summed E-state index contributed by atoms with van der Waals surface area (Å²) in [4.78, 5) is 19.2. The first-order chi connectivity index (χ1) is 30.6. The number of rotatable bonds is 18. The molecular formula is C48H56N5O8S3+. The smallest absolute Gasteiger partial charge is 0.295 e. The Morgan fingerprint density at radius 3 is 2.44 bits per heavy atom. The molecule has 0 saturated heterocycles. The fourth-order valence-electron chi connectivity index (χ4n) is 10.5. The van der Waals surface area contributed by atoms with Crippen molar-refractivity contribution in [1.29, 1.82) is 5.26 Å². The van der Waals surface area contributed by atoms with Gasteiger partial charge in [-0.05, 0) is 101 Å². The number of carbonyl (C=O) groups excluding carboxylic acids is 1. The number of nitrogens with one attached hydrogen (secondary N) is 1. The van der Waals surface area contributed by atoms with Crippen LogP contribution in [0, 0.1) is 11.3 Å². The van der Waals surface area contributed by atoms with Crippen LogP contribution in [0.25, 0.3) is 10.2 Å². The number of hydrogen-bond donors (Lipinski definition) is 3. The molecule has 8 rings (SSSR count). The van der Waals surface area contributed by atoms with Crippen LogP contribution in [0.5, 0.6) is 5.75 Å². The van der Waals surface area contributed by atoms with Gasteiger partial charge in [0.15, 0.2) is 10.7 Å². The number of ether oxygens (including phenoxy) is 1. The number of nitriles is 1. The van der Waals surface area contributed by atoms with Gasteiger partial charge in [0.1, 0.15) is 28.2 Å². The minimum Gasteiger partial charge on any atom is -0.493 e. The van der Waals surface area contributed by atoms with Gasteiger partial charge in [-0.25, -0.2) is 4.98 Å². The summed E-state index contributed by atoms with van der Waals surface area (Å²) in [7, 11) is -9.07. The second-order valence-corrected chi connectivity index (χ2v) is 21.6. The fraction of sp³-hybridized carbons (Fsp3) is 0.458. The van der Waals surface area contributed by atoms with Crippen LogP contribution >= 0.6 is 11.3 Å². The lowest BCUT2D eigenvalue weighted by Gasteiger charge is -2.32. The highest BCUT2D eigenvalue weighted by Gasteiger charge is 2.53. The molecule has 3 aromatic carbocycles. The summed E-state index contributed by atoms with van der Waals surface area (Å²) in [6, 6.07) is 14.3. The molecule has 13 nitrogen and oxygen atoms in total. The molecule has 2 atom stereocenters. The Morgan fingerprint density at radius 1 is 0.953 bits per heavy atom. The quantitative estimate of drug-likeness (QED) is 0.0491. The molecule has 0 saturated carbocycles. The summed E-state index contributed by atoms with van der Waals surface area (Å²) in [5.74, 6) is 0.640. The topological polar surface area (TPSA) is 190 Å². The minimum atomic E-state index is -4.57. The van der Waals surface area contributed by atoms with E-state index in [1.807, 2.05) is 36.4 Å². The zero-order chi connectivity index (χ0) is 45.4. The maximum Gasteiger partial charge on any atom is 0.295 e. The van der Waals surface area contributed by atoms with Gasteiger partial charge in [-0.2, -0.15) is 26.7 Å². The van der Waals surface area contributed by atoms with E-state index < -0.39 is 31.1 Å². The second-order valence-electron chi connectivity index (χ2n) is 17.8. The molecule has 0 radical (unpaired) electrons. The number of hydrogen-bond acceptors (Lipinski definition) is 10. The molecule has 0 fully saturated rings. The number of anilines is 1. The molecule has 0 bridgehead atoms. The molecule has 3 N–H and O–H groups in total. The zero-order valence-electron chi connectivity index (χ0n) is 36.7. The predicted molar refractivity (Wildman–Crippen MR) is 248 cm³/mol. The largest absolute Gasteiger partial charge is 0.493 e. The number of nitrogens with zero attached hydrogens (tertiary/aromatic N) is 4. The summed E-state index contributed by atoms with van der Waals surface area (Å²) < 4.78 is 81.8. The molecule has 338 valence electrons. The first kappa shape index (κ1) is 45.6. The Labute approximate surface area is 380 Å². The highest BCUT2D eigenvalue weighted by Crippen LogP contribution is 2.56. The number of thiazole rings is 1. The van der Waals surface area contributed by atoms with Gasteiger partial charge in [0.25, 0.3) is 20.2 Å². The zero-order valence-corrected chi connectivity index (χ0v) is 39.1. The number of fused-ring (bicyclic) bond motifs is 1. The Balaban J connectivity index is 0.986. The van der Waals surface area contributed by atoms with Crippen molar-refractivity contribution < 1.29 is 40.0 Å². The number of carbonyl (C=O) groups is 1. The van der Waals surface area contributed by atoms with E-state index in [4.69, 9.17) is 10.00 Å². The molecular weight excluding hydrogens is 871 g/mol. The van der Waals surface area contributed by atoms with E-state index in [1.54, 1.807) is 6.07 Å². The lowest BCUT2D eigenvalue weighted by molar-refractivity contribution is -0.443. The number of allylic oxidation sites excluding steroid dienone is 4. The monoisotopic (exact) mass is 926 g/mol. The van der Waals surface area contributed by atoms with E-state index >= 15 is 0 Å². The standard InChI is InChI=1S/C48H55N5O8S3/c1-4-5-24-47(2)39(52-27-10-13-32-18-22-37(63(55,56)57)43(47)45(32)52)15-9-16-40-48(3,44-38(64(58,59)60)23-19-33-14-11-28-53(40)46(33)44)25-8-6-7-17-41(54)50-26-12-29-61-34-20-21-35-36(30-34)62-42(31-49)51-35/h9,15-16,18-23,30H,4-8,10-14,17,24-29H2,1-3H3,(H2-,50,54,55,56,57,58,59,60)/p+1. The van der Waals surface area contributed by atoms with Gasteiger partial charge in [-0.3, -0.25) is 13.9 Å². The van der Waals surface area contributed by atoms with Crippen LogP contribution in [0.15, 0.2) is 76.2 Å². The summed E-state index contributed by atoms with van der Waals surface area (Å²) in [5.41, 5.74) is 6.27. The first-order valence-corrected chi connectivity index (χ1v) is 26.1. The molecule has 4 aliphatic rings. The lowest BCUT2D eigenvalue weighted by atomic mass is 9.74. The Morgan fingerprint density at radius 2 is 1.69 bits per heavy atom.